The fourth-order valence-electron chi connectivity index (χ4n) is 1.84. The summed E-state index contributed by atoms with van der Waals surface area (Å²) in [5.41, 5.74) is 2.32. The second-order valence-corrected chi connectivity index (χ2v) is 4.96. The second kappa shape index (κ2) is 9.13. The van der Waals surface area contributed by atoms with Crippen LogP contribution in [-0.2, 0) is 9.59 Å². The molecule has 1 rings (SSSR count). The van der Waals surface area contributed by atoms with Crippen molar-refractivity contribution in [2.75, 3.05) is 23.7 Å². The number of amides is 2. The normalized spacial score (nSPS) is 10.2. The standard InChI is InChI=1S/C16H25N3O2/c1-4-6-10-17-11-16(21)19-14-9-7-8-13(12(14)3)18-15(20)5-2/h7-9,17H,4-6,10-11H2,1-3H3,(H,18,20)(H,19,21). The van der Waals surface area contributed by atoms with Crippen LogP contribution in [0.1, 0.15) is 38.7 Å². The van der Waals surface area contributed by atoms with Gasteiger partial charge in [0.1, 0.15) is 0 Å². The summed E-state index contributed by atoms with van der Waals surface area (Å²) in [6.07, 6.45) is 2.59. The van der Waals surface area contributed by atoms with Crippen LogP contribution in [0.4, 0.5) is 11.4 Å². The van der Waals surface area contributed by atoms with Crippen LogP contribution in [0.15, 0.2) is 18.2 Å². The monoisotopic (exact) mass is 291 g/mol. The predicted molar refractivity (Wildman–Crippen MR) is 86.5 cm³/mol. The Morgan fingerprint density at radius 3 is 2.24 bits per heavy atom. The summed E-state index contributed by atoms with van der Waals surface area (Å²) in [5.74, 6) is -0.115. The van der Waals surface area contributed by atoms with E-state index in [2.05, 4.69) is 22.9 Å². The van der Waals surface area contributed by atoms with E-state index in [9.17, 15) is 9.59 Å². The van der Waals surface area contributed by atoms with Crippen molar-refractivity contribution in [3.8, 4) is 0 Å². The van der Waals surface area contributed by atoms with Crippen LogP contribution < -0.4 is 16.0 Å². The molecule has 0 saturated carbocycles. The average molecular weight is 291 g/mol. The number of benzene rings is 1. The molecule has 1 aromatic carbocycles. The van der Waals surface area contributed by atoms with Crippen molar-refractivity contribution in [1.29, 1.82) is 0 Å². The van der Waals surface area contributed by atoms with Gasteiger partial charge in [-0.25, -0.2) is 0 Å². The van der Waals surface area contributed by atoms with E-state index in [1.54, 1.807) is 6.92 Å². The molecule has 5 heteroatoms. The highest BCUT2D eigenvalue weighted by molar-refractivity contribution is 5.96. The minimum Gasteiger partial charge on any atom is -0.326 e. The van der Waals surface area contributed by atoms with Crippen molar-refractivity contribution in [1.82, 2.24) is 5.32 Å². The topological polar surface area (TPSA) is 70.2 Å². The van der Waals surface area contributed by atoms with Gasteiger partial charge in [0.25, 0.3) is 0 Å². The van der Waals surface area contributed by atoms with E-state index in [0.717, 1.165) is 36.3 Å². The summed E-state index contributed by atoms with van der Waals surface area (Å²) in [6.45, 7) is 6.94. The van der Waals surface area contributed by atoms with Crippen molar-refractivity contribution in [3.05, 3.63) is 23.8 Å². The van der Waals surface area contributed by atoms with Gasteiger partial charge in [-0.2, -0.15) is 0 Å². The molecule has 0 radical (unpaired) electrons. The molecule has 0 heterocycles. The van der Waals surface area contributed by atoms with Crippen LogP contribution in [0, 0.1) is 6.92 Å². The molecule has 3 N–H and O–H groups in total. The fraction of sp³-hybridized carbons (Fsp3) is 0.500. The van der Waals surface area contributed by atoms with Crippen LogP contribution in [-0.4, -0.2) is 24.9 Å². The van der Waals surface area contributed by atoms with Crippen molar-refractivity contribution in [2.45, 2.75) is 40.0 Å². The summed E-state index contributed by atoms with van der Waals surface area (Å²) in [6, 6.07) is 5.48. The molecule has 0 aliphatic rings. The van der Waals surface area contributed by atoms with Gasteiger partial charge in [-0.15, -0.1) is 0 Å². The Bertz CT molecular complexity index is 486. The van der Waals surface area contributed by atoms with Crippen LogP contribution in [0.5, 0.6) is 0 Å². The number of anilines is 2. The van der Waals surface area contributed by atoms with E-state index in [4.69, 9.17) is 0 Å². The third-order valence-corrected chi connectivity index (χ3v) is 3.20. The maximum Gasteiger partial charge on any atom is 0.238 e. The second-order valence-electron chi connectivity index (χ2n) is 4.96. The lowest BCUT2D eigenvalue weighted by atomic mass is 10.1. The molecule has 5 nitrogen and oxygen atoms in total. The summed E-state index contributed by atoms with van der Waals surface area (Å²) in [7, 11) is 0. The highest BCUT2D eigenvalue weighted by Gasteiger charge is 2.08. The first-order valence-corrected chi connectivity index (χ1v) is 7.48. The van der Waals surface area contributed by atoms with E-state index < -0.39 is 0 Å². The van der Waals surface area contributed by atoms with E-state index in [-0.39, 0.29) is 11.8 Å². The smallest absolute Gasteiger partial charge is 0.238 e. The van der Waals surface area contributed by atoms with Gasteiger partial charge in [0.2, 0.25) is 11.8 Å². The summed E-state index contributed by atoms with van der Waals surface area (Å²) in [5, 5.41) is 8.79. The zero-order valence-corrected chi connectivity index (χ0v) is 13.1. The minimum absolute atomic E-state index is 0.0391. The molecule has 21 heavy (non-hydrogen) atoms. The highest BCUT2D eigenvalue weighted by Crippen LogP contribution is 2.23. The summed E-state index contributed by atoms with van der Waals surface area (Å²) < 4.78 is 0. The molecule has 0 aliphatic carbocycles. The van der Waals surface area contributed by atoms with E-state index in [0.29, 0.717) is 13.0 Å². The molecule has 116 valence electrons. The third-order valence-electron chi connectivity index (χ3n) is 3.20. The van der Waals surface area contributed by atoms with Gasteiger partial charge in [0.05, 0.1) is 6.54 Å². The van der Waals surface area contributed by atoms with E-state index >= 15 is 0 Å². The largest absolute Gasteiger partial charge is 0.326 e. The van der Waals surface area contributed by atoms with Gasteiger partial charge in [0.15, 0.2) is 0 Å². The minimum atomic E-state index is -0.0758. The van der Waals surface area contributed by atoms with Crippen LogP contribution in [0.25, 0.3) is 0 Å². The first-order chi connectivity index (χ1) is 10.1. The lowest BCUT2D eigenvalue weighted by Crippen LogP contribution is -2.29. The lowest BCUT2D eigenvalue weighted by molar-refractivity contribution is -0.116. The van der Waals surface area contributed by atoms with Gasteiger partial charge in [0, 0.05) is 17.8 Å². The maximum atomic E-state index is 11.9. The Hall–Kier alpha value is -1.88. The molecule has 2 amide bonds. The van der Waals surface area contributed by atoms with E-state index in [1.165, 1.54) is 0 Å². The number of hydrogen-bond donors (Lipinski definition) is 3. The van der Waals surface area contributed by atoms with Crippen LogP contribution in [0.2, 0.25) is 0 Å². The molecule has 0 bridgehead atoms. The molecule has 0 spiro atoms. The quantitative estimate of drug-likeness (QED) is 0.645. The molecule has 0 aromatic heterocycles. The zero-order valence-electron chi connectivity index (χ0n) is 13.1. The number of hydrogen-bond acceptors (Lipinski definition) is 3. The molecular weight excluding hydrogens is 266 g/mol. The van der Waals surface area contributed by atoms with Gasteiger partial charge in [-0.1, -0.05) is 26.3 Å². The molecule has 0 aliphatic heterocycles. The van der Waals surface area contributed by atoms with Crippen molar-refractivity contribution in [2.24, 2.45) is 0 Å². The van der Waals surface area contributed by atoms with Gasteiger partial charge >= 0.3 is 0 Å². The van der Waals surface area contributed by atoms with Crippen molar-refractivity contribution >= 4 is 23.2 Å². The number of nitrogens with one attached hydrogen (secondary N) is 3. The average Bonchev–Trinajstić information content (AvgIpc) is 2.47. The predicted octanol–water partition coefficient (Wildman–Crippen LogP) is 2.67. The Morgan fingerprint density at radius 1 is 1.05 bits per heavy atom. The Labute approximate surface area is 126 Å². The van der Waals surface area contributed by atoms with Crippen LogP contribution in [0.3, 0.4) is 0 Å². The molecule has 0 atom stereocenters. The molecule has 0 unspecified atom stereocenters. The Morgan fingerprint density at radius 2 is 1.67 bits per heavy atom. The number of carbonyl (C=O) groups is 2. The van der Waals surface area contributed by atoms with E-state index in [1.807, 2.05) is 25.1 Å². The number of rotatable bonds is 8. The van der Waals surface area contributed by atoms with Crippen molar-refractivity contribution < 1.29 is 9.59 Å². The maximum absolute atomic E-state index is 11.9. The number of unbranched alkanes of at least 4 members (excludes halogenated alkanes) is 1. The molecule has 1 aromatic rings. The first kappa shape index (κ1) is 17.2. The third kappa shape index (κ3) is 5.95. The molecule has 0 saturated heterocycles. The Balaban J connectivity index is 2.60. The zero-order chi connectivity index (χ0) is 15.7. The molecule has 0 fully saturated rings. The van der Waals surface area contributed by atoms with Gasteiger partial charge in [-0.05, 0) is 37.6 Å². The fourth-order valence-corrected chi connectivity index (χ4v) is 1.84. The van der Waals surface area contributed by atoms with Gasteiger partial charge in [-0.3, -0.25) is 9.59 Å². The highest BCUT2D eigenvalue weighted by atomic mass is 16.2. The lowest BCUT2D eigenvalue weighted by Gasteiger charge is -2.13. The summed E-state index contributed by atoms with van der Waals surface area (Å²) in [4.78, 5) is 23.3. The first-order valence-electron chi connectivity index (χ1n) is 7.48. The molecular formula is C16H25N3O2. The number of carbonyl (C=O) groups excluding carboxylic acids is 2. The van der Waals surface area contributed by atoms with Crippen molar-refractivity contribution in [3.63, 3.8) is 0 Å². The Kier molecular flexibility index (Phi) is 7.46. The summed E-state index contributed by atoms with van der Waals surface area (Å²) >= 11 is 0. The van der Waals surface area contributed by atoms with Crippen LogP contribution >= 0.6 is 0 Å². The SMILES string of the molecule is CCCCNCC(=O)Nc1cccc(NC(=O)CC)c1C. The van der Waals surface area contributed by atoms with Gasteiger partial charge < -0.3 is 16.0 Å².